The summed E-state index contributed by atoms with van der Waals surface area (Å²) in [4.78, 5) is 25.9. The molecule has 1 spiro atoms. The van der Waals surface area contributed by atoms with Crippen molar-refractivity contribution in [1.29, 1.82) is 0 Å². The molecule has 6 heteroatoms. The van der Waals surface area contributed by atoms with Gasteiger partial charge in [-0.25, -0.2) is 4.98 Å². The molecule has 3 fully saturated rings. The summed E-state index contributed by atoms with van der Waals surface area (Å²) in [6.45, 7) is 4.95. The van der Waals surface area contributed by atoms with E-state index in [1.165, 1.54) is 37.1 Å². The van der Waals surface area contributed by atoms with Gasteiger partial charge in [0.05, 0.1) is 6.54 Å². The smallest absolute Gasteiger partial charge is 0.222 e. The molecule has 2 saturated heterocycles. The minimum Gasteiger partial charge on any atom is -0.342 e. The molecule has 4 heterocycles. The molecular formula is C23H31N5O. The van der Waals surface area contributed by atoms with Crippen molar-refractivity contribution in [1.82, 2.24) is 24.3 Å². The number of carbonyl (C=O) groups excluding carboxylic acids is 1. The Kier molecular flexibility index (Phi) is 5.12. The molecule has 0 bridgehead atoms. The Balaban J connectivity index is 1.16. The number of aromatic nitrogens is 3. The van der Waals surface area contributed by atoms with Crippen LogP contribution in [-0.2, 0) is 17.8 Å². The number of pyridine rings is 1. The van der Waals surface area contributed by atoms with Crippen molar-refractivity contribution in [2.45, 2.75) is 57.5 Å². The van der Waals surface area contributed by atoms with Gasteiger partial charge in [-0.1, -0.05) is 0 Å². The normalized spacial score (nSPS) is 22.3. The standard InChI is InChI=1S/C23H31N5O/c29-22-3-7-23(18-27(22)13-6-19-4-10-24-11-5-19)8-14-26(15-9-23)17-21-25-12-16-28(21)20-1-2-20/h4-5,10-12,16,20H,1-3,6-9,13-15,17-18H2. The van der Waals surface area contributed by atoms with E-state index in [0.717, 1.165) is 45.6 Å². The zero-order valence-electron chi connectivity index (χ0n) is 17.2. The van der Waals surface area contributed by atoms with Gasteiger partial charge in [0.2, 0.25) is 5.91 Å². The number of hydrogen-bond donors (Lipinski definition) is 0. The lowest BCUT2D eigenvalue weighted by Crippen LogP contribution is -2.51. The largest absolute Gasteiger partial charge is 0.342 e. The van der Waals surface area contributed by atoms with Crippen molar-refractivity contribution >= 4 is 5.91 Å². The van der Waals surface area contributed by atoms with Gasteiger partial charge in [-0.15, -0.1) is 0 Å². The fourth-order valence-corrected chi connectivity index (χ4v) is 5.06. The molecule has 2 aliphatic heterocycles. The van der Waals surface area contributed by atoms with E-state index in [0.29, 0.717) is 23.8 Å². The van der Waals surface area contributed by atoms with Crippen molar-refractivity contribution < 1.29 is 4.79 Å². The van der Waals surface area contributed by atoms with Crippen LogP contribution in [0.2, 0.25) is 0 Å². The van der Waals surface area contributed by atoms with Crippen molar-refractivity contribution in [2.24, 2.45) is 5.41 Å². The predicted molar refractivity (Wildman–Crippen MR) is 111 cm³/mol. The maximum atomic E-state index is 12.5. The van der Waals surface area contributed by atoms with Gasteiger partial charge in [-0.05, 0) is 74.7 Å². The average Bonchev–Trinajstić information content (AvgIpc) is 3.50. The Labute approximate surface area is 172 Å². The molecule has 0 N–H and O–H groups in total. The Morgan fingerprint density at radius 3 is 2.62 bits per heavy atom. The number of piperidine rings is 2. The fourth-order valence-electron chi connectivity index (χ4n) is 5.06. The minimum atomic E-state index is 0.314. The molecule has 29 heavy (non-hydrogen) atoms. The lowest BCUT2D eigenvalue weighted by molar-refractivity contribution is -0.139. The van der Waals surface area contributed by atoms with Crippen LogP contribution in [0.5, 0.6) is 0 Å². The molecule has 0 atom stereocenters. The summed E-state index contributed by atoms with van der Waals surface area (Å²) in [5, 5.41) is 0. The summed E-state index contributed by atoms with van der Waals surface area (Å²) in [6.07, 6.45) is 15.4. The van der Waals surface area contributed by atoms with Crippen molar-refractivity contribution in [2.75, 3.05) is 26.2 Å². The summed E-state index contributed by atoms with van der Waals surface area (Å²) < 4.78 is 2.38. The summed E-state index contributed by atoms with van der Waals surface area (Å²) in [6, 6.07) is 4.80. The van der Waals surface area contributed by atoms with Gasteiger partial charge in [0, 0.05) is 50.3 Å². The molecule has 1 amide bonds. The highest BCUT2D eigenvalue weighted by Gasteiger charge is 2.41. The zero-order valence-corrected chi connectivity index (χ0v) is 17.2. The number of nitrogens with zero attached hydrogens (tertiary/aromatic N) is 5. The lowest BCUT2D eigenvalue weighted by Gasteiger charge is -2.47. The number of likely N-dealkylation sites (tertiary alicyclic amines) is 2. The van der Waals surface area contributed by atoms with Crippen molar-refractivity contribution in [3.8, 4) is 0 Å². The predicted octanol–water partition coefficient (Wildman–Crippen LogP) is 3.06. The Morgan fingerprint density at radius 2 is 1.86 bits per heavy atom. The SMILES string of the molecule is O=C1CCC2(CCN(Cc3nccn3C3CC3)CC2)CN1CCc1ccncc1. The number of hydrogen-bond acceptors (Lipinski definition) is 4. The summed E-state index contributed by atoms with van der Waals surface area (Å²) in [5.41, 5.74) is 1.57. The molecule has 1 aliphatic carbocycles. The quantitative estimate of drug-likeness (QED) is 0.757. The number of carbonyl (C=O) groups is 1. The Bertz CT molecular complexity index is 836. The summed E-state index contributed by atoms with van der Waals surface area (Å²) >= 11 is 0. The topological polar surface area (TPSA) is 54.3 Å². The first-order valence-electron chi connectivity index (χ1n) is 11.1. The Morgan fingerprint density at radius 1 is 1.07 bits per heavy atom. The molecule has 0 unspecified atom stereocenters. The van der Waals surface area contributed by atoms with Gasteiger partial charge in [0.25, 0.3) is 0 Å². The second-order valence-corrected chi connectivity index (χ2v) is 9.18. The van der Waals surface area contributed by atoms with E-state index >= 15 is 0 Å². The molecule has 3 aliphatic rings. The highest BCUT2D eigenvalue weighted by molar-refractivity contribution is 5.77. The van der Waals surface area contributed by atoms with Crippen LogP contribution >= 0.6 is 0 Å². The maximum absolute atomic E-state index is 12.5. The molecule has 2 aromatic heterocycles. The van der Waals surface area contributed by atoms with Crippen LogP contribution in [0.4, 0.5) is 0 Å². The van der Waals surface area contributed by atoms with Crippen molar-refractivity contribution in [3.05, 3.63) is 48.3 Å². The van der Waals surface area contributed by atoms with E-state index in [4.69, 9.17) is 0 Å². The summed E-state index contributed by atoms with van der Waals surface area (Å²) in [7, 11) is 0. The van der Waals surface area contributed by atoms with E-state index in [1.54, 1.807) is 0 Å². The third-order valence-electron chi connectivity index (χ3n) is 7.14. The highest BCUT2D eigenvalue weighted by Crippen LogP contribution is 2.41. The third-order valence-corrected chi connectivity index (χ3v) is 7.14. The third kappa shape index (κ3) is 4.22. The molecule has 0 radical (unpaired) electrons. The van der Waals surface area contributed by atoms with Gasteiger partial charge in [-0.2, -0.15) is 0 Å². The first-order valence-corrected chi connectivity index (χ1v) is 11.1. The first kappa shape index (κ1) is 18.8. The fraction of sp³-hybridized carbons (Fsp3) is 0.609. The van der Waals surface area contributed by atoms with Gasteiger partial charge >= 0.3 is 0 Å². The molecule has 1 saturated carbocycles. The van der Waals surface area contributed by atoms with Gasteiger partial charge in [0.1, 0.15) is 5.82 Å². The average molecular weight is 394 g/mol. The van der Waals surface area contributed by atoms with Gasteiger partial charge < -0.3 is 9.47 Å². The summed E-state index contributed by atoms with van der Waals surface area (Å²) in [5.74, 6) is 1.56. The molecule has 2 aromatic rings. The van der Waals surface area contributed by atoms with E-state index in [1.807, 2.05) is 30.7 Å². The van der Waals surface area contributed by atoms with Crippen LogP contribution in [0.15, 0.2) is 36.9 Å². The van der Waals surface area contributed by atoms with Gasteiger partial charge in [-0.3, -0.25) is 14.7 Å². The Hall–Kier alpha value is -2.21. The number of amides is 1. The zero-order chi connectivity index (χ0) is 19.7. The van der Waals surface area contributed by atoms with E-state index in [2.05, 4.69) is 30.5 Å². The molecule has 154 valence electrons. The highest BCUT2D eigenvalue weighted by atomic mass is 16.2. The van der Waals surface area contributed by atoms with E-state index < -0.39 is 0 Å². The van der Waals surface area contributed by atoms with Crippen molar-refractivity contribution in [3.63, 3.8) is 0 Å². The van der Waals surface area contributed by atoms with E-state index in [9.17, 15) is 4.79 Å². The second-order valence-electron chi connectivity index (χ2n) is 9.18. The molecule has 0 aromatic carbocycles. The lowest BCUT2D eigenvalue weighted by atomic mass is 9.72. The minimum absolute atomic E-state index is 0.314. The van der Waals surface area contributed by atoms with Crippen LogP contribution in [-0.4, -0.2) is 56.4 Å². The molecule has 6 nitrogen and oxygen atoms in total. The first-order chi connectivity index (χ1) is 14.2. The van der Waals surface area contributed by atoms with Crippen LogP contribution in [0.1, 0.15) is 56.0 Å². The molecule has 5 rings (SSSR count). The van der Waals surface area contributed by atoms with Gasteiger partial charge in [0.15, 0.2) is 0 Å². The number of imidazole rings is 1. The van der Waals surface area contributed by atoms with Crippen LogP contribution in [0.3, 0.4) is 0 Å². The maximum Gasteiger partial charge on any atom is 0.222 e. The monoisotopic (exact) mass is 393 g/mol. The van der Waals surface area contributed by atoms with Crippen LogP contribution in [0.25, 0.3) is 0 Å². The molecular weight excluding hydrogens is 362 g/mol. The van der Waals surface area contributed by atoms with Crippen LogP contribution in [0, 0.1) is 5.41 Å². The second kappa shape index (κ2) is 7.90. The number of rotatable bonds is 6. The van der Waals surface area contributed by atoms with E-state index in [-0.39, 0.29) is 0 Å². The van der Waals surface area contributed by atoms with Crippen LogP contribution < -0.4 is 0 Å².